The second-order valence-electron chi connectivity index (χ2n) is 8.52. The second kappa shape index (κ2) is 9.65. The van der Waals surface area contributed by atoms with Gasteiger partial charge in [0.2, 0.25) is 0 Å². The lowest BCUT2D eigenvalue weighted by Crippen LogP contribution is -2.38. The smallest absolute Gasteiger partial charge is 0.278 e. The Hall–Kier alpha value is -3.70. The van der Waals surface area contributed by atoms with E-state index in [-0.39, 0.29) is 40.4 Å². The number of hydrogen-bond acceptors (Lipinski definition) is 9. The van der Waals surface area contributed by atoms with Gasteiger partial charge in [-0.1, -0.05) is 11.6 Å². The Labute approximate surface area is 200 Å². The molecule has 0 bridgehead atoms. The zero-order chi connectivity index (χ0) is 24.3. The number of aromatic nitrogens is 5. The first kappa shape index (κ1) is 23.5. The summed E-state index contributed by atoms with van der Waals surface area (Å²) in [6.07, 6.45) is 9.37. The standard InChI is InChI=1S/C22H23ClN8O3/c1-22(2,34)10-28-20(32)14-5-17(23)26-9-16(14)31-21(33)18-19(29-13-6-24-11-25-7-13)27-8-15(30-18)12-3-4-12/h5-9,11-12,34H,3-4,10H2,1-2H3,(H,27,29)(H,28,32)(H,31,33). The van der Waals surface area contributed by atoms with Crippen LogP contribution in [0.15, 0.2) is 37.2 Å². The molecular weight excluding hydrogens is 460 g/mol. The third-order valence-corrected chi connectivity index (χ3v) is 5.08. The van der Waals surface area contributed by atoms with Gasteiger partial charge < -0.3 is 21.1 Å². The first-order valence-corrected chi connectivity index (χ1v) is 10.9. The van der Waals surface area contributed by atoms with E-state index >= 15 is 0 Å². The van der Waals surface area contributed by atoms with Crippen LogP contribution in [0.1, 0.15) is 59.1 Å². The molecule has 4 rings (SSSR count). The number of hydrogen-bond donors (Lipinski definition) is 4. The summed E-state index contributed by atoms with van der Waals surface area (Å²) in [5, 5.41) is 18.3. The van der Waals surface area contributed by atoms with E-state index in [4.69, 9.17) is 11.6 Å². The third kappa shape index (κ3) is 6.00. The number of nitrogens with zero attached hydrogens (tertiary/aromatic N) is 5. The second-order valence-corrected chi connectivity index (χ2v) is 8.91. The molecule has 1 saturated carbocycles. The van der Waals surface area contributed by atoms with Crippen molar-refractivity contribution in [1.29, 1.82) is 0 Å². The van der Waals surface area contributed by atoms with Gasteiger partial charge in [0.15, 0.2) is 11.5 Å². The molecule has 34 heavy (non-hydrogen) atoms. The van der Waals surface area contributed by atoms with Crippen LogP contribution in [0.4, 0.5) is 17.2 Å². The van der Waals surface area contributed by atoms with Crippen LogP contribution in [0.2, 0.25) is 5.15 Å². The number of rotatable bonds is 8. The molecule has 1 aliphatic rings. The van der Waals surface area contributed by atoms with Gasteiger partial charge >= 0.3 is 0 Å². The molecule has 0 unspecified atom stereocenters. The molecule has 176 valence electrons. The normalized spacial score (nSPS) is 13.3. The maximum Gasteiger partial charge on any atom is 0.278 e. The van der Waals surface area contributed by atoms with E-state index in [9.17, 15) is 14.7 Å². The average molecular weight is 483 g/mol. The molecular formula is C22H23ClN8O3. The highest BCUT2D eigenvalue weighted by Gasteiger charge is 2.28. The number of carbonyl (C=O) groups excluding carboxylic acids is 2. The van der Waals surface area contributed by atoms with Gasteiger partial charge in [-0.05, 0) is 32.8 Å². The first-order chi connectivity index (χ1) is 16.2. The Morgan fingerprint density at radius 1 is 1.12 bits per heavy atom. The molecule has 0 aliphatic heterocycles. The highest BCUT2D eigenvalue weighted by atomic mass is 35.5. The van der Waals surface area contributed by atoms with Crippen molar-refractivity contribution in [3.63, 3.8) is 0 Å². The lowest BCUT2D eigenvalue weighted by molar-refractivity contribution is 0.0694. The topological polar surface area (TPSA) is 155 Å². The number of amides is 2. The van der Waals surface area contributed by atoms with Crippen molar-refractivity contribution in [2.75, 3.05) is 17.2 Å². The molecule has 3 aromatic rings. The van der Waals surface area contributed by atoms with Gasteiger partial charge in [0.1, 0.15) is 11.5 Å². The lowest BCUT2D eigenvalue weighted by atomic mass is 10.1. The summed E-state index contributed by atoms with van der Waals surface area (Å²) in [5.41, 5.74) is 0.412. The fourth-order valence-electron chi connectivity index (χ4n) is 3.02. The summed E-state index contributed by atoms with van der Waals surface area (Å²) in [5.74, 6) is -0.630. The molecule has 0 atom stereocenters. The molecule has 12 heteroatoms. The van der Waals surface area contributed by atoms with Crippen LogP contribution < -0.4 is 16.0 Å². The summed E-state index contributed by atoms with van der Waals surface area (Å²) in [4.78, 5) is 46.8. The van der Waals surface area contributed by atoms with Crippen LogP contribution in [0.3, 0.4) is 0 Å². The maximum atomic E-state index is 13.3. The van der Waals surface area contributed by atoms with Crippen LogP contribution in [-0.2, 0) is 0 Å². The summed E-state index contributed by atoms with van der Waals surface area (Å²) < 4.78 is 0. The third-order valence-electron chi connectivity index (χ3n) is 4.87. The summed E-state index contributed by atoms with van der Waals surface area (Å²) in [6.45, 7) is 3.13. The Balaban J connectivity index is 1.62. The van der Waals surface area contributed by atoms with Crippen LogP contribution in [0.5, 0.6) is 0 Å². The van der Waals surface area contributed by atoms with Crippen LogP contribution >= 0.6 is 11.6 Å². The Bertz CT molecular complexity index is 1210. The molecule has 3 heterocycles. The Morgan fingerprint density at radius 3 is 2.53 bits per heavy atom. The summed E-state index contributed by atoms with van der Waals surface area (Å²) in [6, 6.07) is 1.34. The minimum Gasteiger partial charge on any atom is -0.389 e. The van der Waals surface area contributed by atoms with E-state index in [0.29, 0.717) is 5.69 Å². The van der Waals surface area contributed by atoms with Crippen molar-refractivity contribution in [2.24, 2.45) is 0 Å². The molecule has 0 radical (unpaired) electrons. The van der Waals surface area contributed by atoms with E-state index in [1.165, 1.54) is 18.6 Å². The lowest BCUT2D eigenvalue weighted by Gasteiger charge is -2.18. The van der Waals surface area contributed by atoms with E-state index < -0.39 is 17.4 Å². The summed E-state index contributed by atoms with van der Waals surface area (Å²) >= 11 is 5.99. The summed E-state index contributed by atoms with van der Waals surface area (Å²) in [7, 11) is 0. The molecule has 0 aromatic carbocycles. The molecule has 0 spiro atoms. The number of nitrogens with one attached hydrogen (secondary N) is 3. The molecule has 1 fully saturated rings. The van der Waals surface area contributed by atoms with Gasteiger partial charge in [-0.3, -0.25) is 9.59 Å². The highest BCUT2D eigenvalue weighted by molar-refractivity contribution is 6.30. The van der Waals surface area contributed by atoms with Crippen LogP contribution in [0, 0.1) is 0 Å². The van der Waals surface area contributed by atoms with Gasteiger partial charge in [-0.15, -0.1) is 0 Å². The first-order valence-electron chi connectivity index (χ1n) is 10.6. The molecule has 11 nitrogen and oxygen atoms in total. The Kier molecular flexibility index (Phi) is 6.66. The van der Waals surface area contributed by atoms with Crippen LogP contribution in [-0.4, -0.2) is 54.0 Å². The maximum absolute atomic E-state index is 13.3. The zero-order valence-electron chi connectivity index (χ0n) is 18.5. The predicted molar refractivity (Wildman–Crippen MR) is 125 cm³/mol. The van der Waals surface area contributed by atoms with Crippen LogP contribution in [0.25, 0.3) is 0 Å². The van der Waals surface area contributed by atoms with Crippen molar-refractivity contribution < 1.29 is 14.7 Å². The number of anilines is 3. The number of aliphatic hydroxyl groups is 1. The molecule has 0 saturated heterocycles. The predicted octanol–water partition coefficient (Wildman–Crippen LogP) is 2.69. The van der Waals surface area contributed by atoms with Gasteiger partial charge in [0, 0.05) is 12.5 Å². The van der Waals surface area contributed by atoms with Gasteiger partial charge in [-0.2, -0.15) is 0 Å². The van der Waals surface area contributed by atoms with Crippen molar-refractivity contribution in [3.05, 3.63) is 59.3 Å². The molecule has 2 amide bonds. The SMILES string of the molecule is CC(C)(O)CNC(=O)c1cc(Cl)ncc1NC(=O)c1nc(C2CC2)cnc1Nc1cncnc1. The average Bonchev–Trinajstić information content (AvgIpc) is 3.64. The van der Waals surface area contributed by atoms with Crippen molar-refractivity contribution >= 4 is 40.6 Å². The minimum absolute atomic E-state index is 0.00128. The number of carbonyl (C=O) groups is 2. The van der Waals surface area contributed by atoms with Gasteiger partial charge in [-0.25, -0.2) is 24.9 Å². The highest BCUT2D eigenvalue weighted by Crippen LogP contribution is 2.39. The fraction of sp³-hybridized carbons (Fsp3) is 0.318. The zero-order valence-corrected chi connectivity index (χ0v) is 19.3. The molecule has 1 aliphatic carbocycles. The largest absolute Gasteiger partial charge is 0.389 e. The minimum atomic E-state index is -1.11. The van der Waals surface area contributed by atoms with Crippen molar-refractivity contribution in [3.8, 4) is 0 Å². The van der Waals surface area contributed by atoms with E-state index in [1.807, 2.05) is 0 Å². The molecule has 3 aromatic heterocycles. The van der Waals surface area contributed by atoms with Gasteiger partial charge in [0.25, 0.3) is 11.8 Å². The Morgan fingerprint density at radius 2 is 1.85 bits per heavy atom. The van der Waals surface area contributed by atoms with Gasteiger partial charge in [0.05, 0.1) is 53.0 Å². The van der Waals surface area contributed by atoms with E-state index in [1.54, 1.807) is 32.4 Å². The van der Waals surface area contributed by atoms with Crippen molar-refractivity contribution in [2.45, 2.75) is 38.2 Å². The van der Waals surface area contributed by atoms with E-state index in [2.05, 4.69) is 40.9 Å². The number of halogens is 1. The fourth-order valence-corrected chi connectivity index (χ4v) is 3.18. The number of pyridine rings is 1. The quantitative estimate of drug-likeness (QED) is 0.354. The monoisotopic (exact) mass is 482 g/mol. The van der Waals surface area contributed by atoms with Crippen molar-refractivity contribution in [1.82, 2.24) is 30.2 Å². The van der Waals surface area contributed by atoms with E-state index in [0.717, 1.165) is 18.5 Å². The molecule has 4 N–H and O–H groups in total.